The van der Waals surface area contributed by atoms with Crippen LogP contribution in [0.4, 0.5) is 0 Å². The first kappa shape index (κ1) is 19.6. The number of rotatable bonds is 7. The summed E-state index contributed by atoms with van der Waals surface area (Å²) in [7, 11) is 0. The molecule has 0 unspecified atom stereocenters. The topological polar surface area (TPSA) is 85.0 Å². The minimum absolute atomic E-state index is 0.183. The zero-order valence-corrected chi connectivity index (χ0v) is 16.8. The van der Waals surface area contributed by atoms with Crippen LogP contribution < -0.4 is 0 Å². The van der Waals surface area contributed by atoms with Crippen LogP contribution in [0.3, 0.4) is 0 Å². The van der Waals surface area contributed by atoms with E-state index >= 15 is 0 Å². The molecule has 0 radical (unpaired) electrons. The zero-order chi connectivity index (χ0) is 20.9. The van der Waals surface area contributed by atoms with Gasteiger partial charge in [0.15, 0.2) is 12.3 Å². The van der Waals surface area contributed by atoms with Crippen molar-refractivity contribution in [3.8, 4) is 16.6 Å². The Morgan fingerprint density at radius 2 is 1.87 bits per heavy atom. The summed E-state index contributed by atoms with van der Waals surface area (Å²) in [6, 6.07) is 19.1. The zero-order valence-electron chi connectivity index (χ0n) is 15.9. The van der Waals surface area contributed by atoms with E-state index in [0.29, 0.717) is 18.5 Å². The molecular formula is C23H17N3O3S. The van der Waals surface area contributed by atoms with Gasteiger partial charge < -0.3 is 9.30 Å². The van der Waals surface area contributed by atoms with Crippen molar-refractivity contribution in [2.24, 2.45) is 0 Å². The molecule has 0 N–H and O–H groups in total. The molecule has 0 bridgehead atoms. The maximum atomic E-state index is 12.7. The highest BCUT2D eigenvalue weighted by atomic mass is 32.1. The predicted molar refractivity (Wildman–Crippen MR) is 114 cm³/mol. The van der Waals surface area contributed by atoms with Gasteiger partial charge in [0.1, 0.15) is 5.01 Å². The number of benzene rings is 2. The summed E-state index contributed by atoms with van der Waals surface area (Å²) in [4.78, 5) is 29.4. The second kappa shape index (κ2) is 8.72. The van der Waals surface area contributed by atoms with Gasteiger partial charge in [-0.2, -0.15) is 5.26 Å². The molecule has 30 heavy (non-hydrogen) atoms. The highest BCUT2D eigenvalue weighted by molar-refractivity contribution is 7.13. The lowest BCUT2D eigenvalue weighted by atomic mass is 10.1. The van der Waals surface area contributed by atoms with Gasteiger partial charge >= 0.3 is 5.97 Å². The van der Waals surface area contributed by atoms with Gasteiger partial charge in [-0.1, -0.05) is 48.5 Å². The van der Waals surface area contributed by atoms with Crippen LogP contribution in [-0.2, 0) is 11.3 Å². The first-order valence-electron chi connectivity index (χ1n) is 9.33. The SMILES string of the molecule is N#CCCn1cc(C(=O)COC(=O)c2csc(-c3ccccc3)n2)c2ccccc21. The maximum Gasteiger partial charge on any atom is 0.358 e. The number of ether oxygens (including phenoxy) is 1. The van der Waals surface area contributed by atoms with Crippen molar-refractivity contribution in [1.29, 1.82) is 5.26 Å². The number of para-hydroxylation sites is 1. The van der Waals surface area contributed by atoms with Crippen LogP contribution in [0.1, 0.15) is 27.3 Å². The van der Waals surface area contributed by atoms with Gasteiger partial charge in [0.25, 0.3) is 0 Å². The number of hydrogen-bond acceptors (Lipinski definition) is 6. The summed E-state index contributed by atoms with van der Waals surface area (Å²) < 4.78 is 7.10. The highest BCUT2D eigenvalue weighted by Gasteiger charge is 2.19. The second-order valence-corrected chi connectivity index (χ2v) is 7.42. The molecule has 0 aliphatic carbocycles. The van der Waals surface area contributed by atoms with Gasteiger partial charge in [-0.05, 0) is 6.07 Å². The number of Topliss-reactive ketones (excluding diaryl/α,β-unsaturated/α-hetero) is 1. The Morgan fingerprint density at radius 3 is 2.67 bits per heavy atom. The summed E-state index contributed by atoms with van der Waals surface area (Å²) >= 11 is 1.35. The maximum absolute atomic E-state index is 12.7. The molecule has 0 amide bonds. The van der Waals surface area contributed by atoms with Crippen molar-refractivity contribution in [2.75, 3.05) is 6.61 Å². The summed E-state index contributed by atoms with van der Waals surface area (Å²) in [5.41, 5.74) is 2.44. The van der Waals surface area contributed by atoms with Crippen molar-refractivity contribution in [1.82, 2.24) is 9.55 Å². The molecule has 7 heteroatoms. The Kier molecular flexibility index (Phi) is 5.68. The molecule has 0 spiro atoms. The Bertz CT molecular complexity index is 1250. The molecule has 0 atom stereocenters. The van der Waals surface area contributed by atoms with Crippen LogP contribution in [0, 0.1) is 11.3 Å². The van der Waals surface area contributed by atoms with Gasteiger partial charge in [0, 0.05) is 40.2 Å². The fourth-order valence-electron chi connectivity index (χ4n) is 3.19. The fourth-order valence-corrected chi connectivity index (χ4v) is 3.98. The van der Waals surface area contributed by atoms with E-state index in [0.717, 1.165) is 21.5 Å². The van der Waals surface area contributed by atoms with Crippen LogP contribution in [-0.4, -0.2) is 27.9 Å². The fraction of sp³-hybridized carbons (Fsp3) is 0.130. The molecule has 0 aliphatic heterocycles. The molecule has 2 aromatic heterocycles. The number of aromatic nitrogens is 2. The molecule has 0 saturated heterocycles. The summed E-state index contributed by atoms with van der Waals surface area (Å²) in [5, 5.41) is 12.0. The summed E-state index contributed by atoms with van der Waals surface area (Å²) in [5.74, 6) is -0.927. The van der Waals surface area contributed by atoms with Crippen molar-refractivity contribution >= 4 is 34.0 Å². The molecule has 4 aromatic rings. The third-order valence-electron chi connectivity index (χ3n) is 4.62. The lowest BCUT2D eigenvalue weighted by Crippen LogP contribution is -2.14. The number of aryl methyl sites for hydroxylation is 1. The number of nitriles is 1. The van der Waals surface area contributed by atoms with Gasteiger partial charge in [-0.25, -0.2) is 9.78 Å². The Hall–Kier alpha value is -3.76. The molecule has 4 rings (SSSR count). The average molecular weight is 415 g/mol. The number of fused-ring (bicyclic) bond motifs is 1. The molecule has 0 saturated carbocycles. The van der Waals surface area contributed by atoms with E-state index in [1.54, 1.807) is 11.6 Å². The number of nitrogens with zero attached hydrogens (tertiary/aromatic N) is 3. The molecule has 2 heterocycles. The van der Waals surface area contributed by atoms with Crippen LogP contribution in [0.5, 0.6) is 0 Å². The van der Waals surface area contributed by atoms with Crippen molar-refractivity contribution in [3.05, 3.63) is 77.4 Å². The summed E-state index contributed by atoms with van der Waals surface area (Å²) in [6.07, 6.45) is 2.06. The Balaban J connectivity index is 1.47. The first-order valence-corrected chi connectivity index (χ1v) is 10.2. The van der Waals surface area contributed by atoms with Gasteiger partial charge in [0.2, 0.25) is 5.78 Å². The molecule has 0 fully saturated rings. The third kappa shape index (κ3) is 4.00. The molecule has 148 valence electrons. The number of thiazole rings is 1. The summed E-state index contributed by atoms with van der Waals surface area (Å²) in [6.45, 7) is 0.119. The molecular weight excluding hydrogens is 398 g/mol. The smallest absolute Gasteiger partial charge is 0.358 e. The van der Waals surface area contributed by atoms with E-state index < -0.39 is 5.97 Å². The number of hydrogen-bond donors (Lipinski definition) is 0. The van der Waals surface area contributed by atoms with Gasteiger partial charge in [0.05, 0.1) is 12.5 Å². The predicted octanol–water partition coefficient (Wildman–Crippen LogP) is 4.72. The van der Waals surface area contributed by atoms with Crippen LogP contribution in [0.25, 0.3) is 21.5 Å². The lowest BCUT2D eigenvalue weighted by molar-refractivity contribution is 0.0470. The monoisotopic (exact) mass is 415 g/mol. The molecule has 0 aliphatic rings. The van der Waals surface area contributed by atoms with Gasteiger partial charge in [-0.3, -0.25) is 4.79 Å². The van der Waals surface area contributed by atoms with Gasteiger partial charge in [-0.15, -0.1) is 11.3 Å². The van der Waals surface area contributed by atoms with E-state index in [1.165, 1.54) is 11.3 Å². The average Bonchev–Trinajstić information content (AvgIpc) is 3.42. The Morgan fingerprint density at radius 1 is 1.10 bits per heavy atom. The number of carbonyl (C=O) groups excluding carboxylic acids is 2. The van der Waals surface area contributed by atoms with Crippen molar-refractivity contribution in [3.63, 3.8) is 0 Å². The van der Waals surface area contributed by atoms with Crippen molar-refractivity contribution in [2.45, 2.75) is 13.0 Å². The second-order valence-electron chi connectivity index (χ2n) is 6.56. The first-order chi connectivity index (χ1) is 14.7. The van der Waals surface area contributed by atoms with E-state index in [2.05, 4.69) is 11.1 Å². The van der Waals surface area contributed by atoms with E-state index in [-0.39, 0.29) is 18.1 Å². The molecule has 6 nitrogen and oxygen atoms in total. The van der Waals surface area contributed by atoms with E-state index in [1.807, 2.05) is 59.2 Å². The largest absolute Gasteiger partial charge is 0.453 e. The number of ketones is 1. The standard InChI is InChI=1S/C23H17N3O3S/c24-11-6-12-26-13-18(17-9-4-5-10-20(17)26)21(27)14-29-23(28)19-15-30-22(25-19)16-7-2-1-3-8-16/h1-5,7-10,13,15H,6,12,14H2. The lowest BCUT2D eigenvalue weighted by Gasteiger charge is -2.02. The normalized spacial score (nSPS) is 10.6. The van der Waals surface area contributed by atoms with Crippen molar-refractivity contribution < 1.29 is 14.3 Å². The van der Waals surface area contributed by atoms with Crippen LogP contribution in [0.15, 0.2) is 66.2 Å². The quantitative estimate of drug-likeness (QED) is 0.322. The van der Waals surface area contributed by atoms with E-state index in [4.69, 9.17) is 10.00 Å². The minimum atomic E-state index is -0.630. The minimum Gasteiger partial charge on any atom is -0.453 e. The van der Waals surface area contributed by atoms with Crippen LogP contribution in [0.2, 0.25) is 0 Å². The number of carbonyl (C=O) groups is 2. The highest BCUT2D eigenvalue weighted by Crippen LogP contribution is 2.24. The Labute approximate surface area is 177 Å². The van der Waals surface area contributed by atoms with Crippen LogP contribution >= 0.6 is 11.3 Å². The molecule has 2 aromatic carbocycles. The third-order valence-corrected chi connectivity index (χ3v) is 5.51. The van der Waals surface area contributed by atoms with E-state index in [9.17, 15) is 9.59 Å². The number of esters is 1.